The number of hydrogen-bond acceptors (Lipinski definition) is 1. The molecule has 0 aliphatic carbocycles. The highest BCUT2D eigenvalue weighted by atomic mass is 79.9. The lowest BCUT2D eigenvalue weighted by Crippen LogP contribution is -2.29. The molecule has 1 aliphatic heterocycles. The fourth-order valence-corrected chi connectivity index (χ4v) is 2.03. The maximum absolute atomic E-state index is 3.45. The molecule has 1 aromatic carbocycles. The molecule has 1 unspecified atom stereocenters. The van der Waals surface area contributed by atoms with Gasteiger partial charge in [-0.2, -0.15) is 0 Å². The summed E-state index contributed by atoms with van der Waals surface area (Å²) in [4.78, 5) is 0. The van der Waals surface area contributed by atoms with Gasteiger partial charge in [-0.3, -0.25) is 0 Å². The van der Waals surface area contributed by atoms with Gasteiger partial charge in [0, 0.05) is 17.1 Å². The average molecular weight is 252 g/mol. The van der Waals surface area contributed by atoms with Gasteiger partial charge in [-0.15, -0.1) is 0 Å². The number of benzene rings is 1. The summed E-state index contributed by atoms with van der Waals surface area (Å²) in [6.07, 6.45) is 3.41. The lowest BCUT2D eigenvalue weighted by Gasteiger charge is -2.20. The third kappa shape index (κ3) is 2.25. The molecule has 1 N–H and O–H groups in total. The van der Waals surface area contributed by atoms with E-state index in [1.807, 2.05) is 0 Å². The maximum atomic E-state index is 3.45. The molecule has 0 spiro atoms. The topological polar surface area (TPSA) is 12.0 Å². The van der Waals surface area contributed by atoms with E-state index in [2.05, 4.69) is 58.5 Å². The largest absolute Gasteiger partial charge is 0.310 e. The van der Waals surface area contributed by atoms with Crippen LogP contribution in [0.1, 0.15) is 18.9 Å². The van der Waals surface area contributed by atoms with E-state index < -0.39 is 0 Å². The van der Waals surface area contributed by atoms with Crippen LogP contribution in [0, 0.1) is 0 Å². The lowest BCUT2D eigenvalue weighted by atomic mass is 9.96. The van der Waals surface area contributed by atoms with Gasteiger partial charge in [-0.05, 0) is 36.6 Å². The highest BCUT2D eigenvalue weighted by molar-refractivity contribution is 9.10. The van der Waals surface area contributed by atoms with Crippen LogP contribution in [0.3, 0.4) is 0 Å². The smallest absolute Gasteiger partial charge is 0.0175 e. The fourth-order valence-electron chi connectivity index (χ4n) is 1.77. The van der Waals surface area contributed by atoms with Crippen LogP contribution in [-0.2, 0) is 0 Å². The summed E-state index contributed by atoms with van der Waals surface area (Å²) in [5, 5.41) is 3.41. The van der Waals surface area contributed by atoms with E-state index in [1.54, 1.807) is 0 Å². The number of rotatable bonds is 1. The van der Waals surface area contributed by atoms with Crippen LogP contribution in [-0.4, -0.2) is 12.6 Å². The predicted molar refractivity (Wildman–Crippen MR) is 64.2 cm³/mol. The number of nitrogens with one attached hydrogen (secondary N) is 1. The first kappa shape index (κ1) is 9.94. The Bertz CT molecular complexity index is 340. The highest BCUT2D eigenvalue weighted by Gasteiger charge is 2.11. The van der Waals surface area contributed by atoms with Crippen LogP contribution >= 0.6 is 15.9 Å². The molecule has 0 saturated heterocycles. The van der Waals surface area contributed by atoms with E-state index >= 15 is 0 Å². The Morgan fingerprint density at radius 3 is 2.64 bits per heavy atom. The van der Waals surface area contributed by atoms with Gasteiger partial charge >= 0.3 is 0 Å². The number of hydrogen-bond donors (Lipinski definition) is 1. The summed E-state index contributed by atoms with van der Waals surface area (Å²) in [6, 6.07) is 9.15. The first-order chi connectivity index (χ1) is 6.75. The Hall–Kier alpha value is -0.600. The molecule has 1 aromatic rings. The van der Waals surface area contributed by atoms with Gasteiger partial charge in [0.05, 0.1) is 0 Å². The van der Waals surface area contributed by atoms with E-state index in [9.17, 15) is 0 Å². The second-order valence-corrected chi connectivity index (χ2v) is 4.67. The minimum Gasteiger partial charge on any atom is -0.310 e. The van der Waals surface area contributed by atoms with Crippen molar-refractivity contribution in [2.24, 2.45) is 0 Å². The Balaban J connectivity index is 2.22. The Kier molecular flexibility index (Phi) is 3.04. The van der Waals surface area contributed by atoms with E-state index in [0.717, 1.165) is 17.4 Å². The predicted octanol–water partition coefficient (Wildman–Crippen LogP) is 3.21. The minimum absolute atomic E-state index is 0.596. The summed E-state index contributed by atoms with van der Waals surface area (Å²) in [5.41, 5.74) is 2.81. The molecule has 1 nitrogen and oxygen atoms in total. The zero-order chi connectivity index (χ0) is 9.97. The Labute approximate surface area is 93.3 Å². The third-order valence-corrected chi connectivity index (χ3v) is 3.08. The summed E-state index contributed by atoms with van der Waals surface area (Å²) in [5.74, 6) is 0. The molecule has 74 valence electrons. The van der Waals surface area contributed by atoms with Gasteiger partial charge in [0.25, 0.3) is 0 Å². The van der Waals surface area contributed by atoms with Crippen molar-refractivity contribution >= 4 is 21.5 Å². The zero-order valence-electron chi connectivity index (χ0n) is 8.26. The van der Waals surface area contributed by atoms with Crippen LogP contribution in [0.4, 0.5) is 0 Å². The average Bonchev–Trinajstić information content (AvgIpc) is 2.19. The van der Waals surface area contributed by atoms with Crippen molar-refractivity contribution in [1.82, 2.24) is 5.32 Å². The van der Waals surface area contributed by atoms with Crippen LogP contribution in [0.5, 0.6) is 0 Å². The van der Waals surface area contributed by atoms with Gasteiger partial charge < -0.3 is 5.32 Å². The third-order valence-electron chi connectivity index (χ3n) is 2.56. The molecule has 1 heterocycles. The SMILES string of the molecule is CC1CC(c2ccc(Br)cc2)=CCN1. The van der Waals surface area contributed by atoms with Crippen LogP contribution in [0.2, 0.25) is 0 Å². The lowest BCUT2D eigenvalue weighted by molar-refractivity contribution is 0.579. The Morgan fingerprint density at radius 2 is 2.00 bits per heavy atom. The standard InChI is InChI=1S/C12H14BrN/c1-9-8-11(6-7-14-9)10-2-4-12(13)5-3-10/h2-6,9,14H,7-8H2,1H3. The minimum atomic E-state index is 0.596. The molecule has 0 radical (unpaired) electrons. The van der Waals surface area contributed by atoms with Crippen molar-refractivity contribution in [2.75, 3.05) is 6.54 Å². The second-order valence-electron chi connectivity index (χ2n) is 3.75. The molecular formula is C12H14BrN. The molecule has 0 amide bonds. The quantitative estimate of drug-likeness (QED) is 0.809. The molecule has 0 saturated carbocycles. The highest BCUT2D eigenvalue weighted by Crippen LogP contribution is 2.23. The van der Waals surface area contributed by atoms with Crippen molar-refractivity contribution in [3.63, 3.8) is 0 Å². The molecule has 2 rings (SSSR count). The molecular weight excluding hydrogens is 238 g/mol. The summed E-state index contributed by atoms with van der Waals surface area (Å²) < 4.78 is 1.14. The van der Waals surface area contributed by atoms with E-state index in [-0.39, 0.29) is 0 Å². The monoisotopic (exact) mass is 251 g/mol. The van der Waals surface area contributed by atoms with Crippen molar-refractivity contribution in [2.45, 2.75) is 19.4 Å². The summed E-state index contributed by atoms with van der Waals surface area (Å²) in [7, 11) is 0. The van der Waals surface area contributed by atoms with Gasteiger partial charge in [0.2, 0.25) is 0 Å². The second kappa shape index (κ2) is 4.28. The molecule has 0 fully saturated rings. The molecule has 14 heavy (non-hydrogen) atoms. The van der Waals surface area contributed by atoms with E-state index in [0.29, 0.717) is 6.04 Å². The van der Waals surface area contributed by atoms with Gasteiger partial charge in [-0.1, -0.05) is 34.1 Å². The van der Waals surface area contributed by atoms with Gasteiger partial charge in [0.1, 0.15) is 0 Å². The molecule has 0 bridgehead atoms. The van der Waals surface area contributed by atoms with Crippen LogP contribution in [0.25, 0.3) is 5.57 Å². The van der Waals surface area contributed by atoms with Crippen molar-refractivity contribution in [3.8, 4) is 0 Å². The van der Waals surface area contributed by atoms with E-state index in [1.165, 1.54) is 11.1 Å². The maximum Gasteiger partial charge on any atom is 0.0175 e. The van der Waals surface area contributed by atoms with E-state index in [4.69, 9.17) is 0 Å². The fraction of sp³-hybridized carbons (Fsp3) is 0.333. The van der Waals surface area contributed by atoms with Gasteiger partial charge in [0.15, 0.2) is 0 Å². The first-order valence-corrected chi connectivity index (χ1v) is 5.73. The number of halogens is 1. The normalized spacial score (nSPS) is 21.9. The molecule has 1 aliphatic rings. The van der Waals surface area contributed by atoms with Crippen LogP contribution in [0.15, 0.2) is 34.8 Å². The van der Waals surface area contributed by atoms with Crippen molar-refractivity contribution in [1.29, 1.82) is 0 Å². The summed E-state index contributed by atoms with van der Waals surface area (Å²) >= 11 is 3.45. The Morgan fingerprint density at radius 1 is 1.29 bits per heavy atom. The first-order valence-electron chi connectivity index (χ1n) is 4.94. The molecule has 0 aromatic heterocycles. The zero-order valence-corrected chi connectivity index (χ0v) is 9.84. The van der Waals surface area contributed by atoms with Crippen LogP contribution < -0.4 is 5.32 Å². The molecule has 2 heteroatoms. The van der Waals surface area contributed by atoms with Gasteiger partial charge in [-0.25, -0.2) is 0 Å². The van der Waals surface area contributed by atoms with Crippen molar-refractivity contribution < 1.29 is 0 Å². The van der Waals surface area contributed by atoms with Crippen molar-refractivity contribution in [3.05, 3.63) is 40.4 Å². The molecule has 1 atom stereocenters. The summed E-state index contributed by atoms with van der Waals surface area (Å²) in [6.45, 7) is 3.22.